The first-order valence-electron chi connectivity index (χ1n) is 7.46. The molecule has 1 saturated heterocycles. The Kier molecular flexibility index (Phi) is 4.06. The number of carbonyl (C=O) groups is 2. The highest BCUT2D eigenvalue weighted by Gasteiger charge is 2.66. The van der Waals surface area contributed by atoms with E-state index in [-0.39, 0.29) is 17.9 Å². The van der Waals surface area contributed by atoms with Crippen LogP contribution in [0.3, 0.4) is 0 Å². The smallest absolute Gasteiger partial charge is 0.431 e. The maximum Gasteiger partial charge on any atom is 0.431 e. The maximum atomic E-state index is 13.3. The standard InChI is InChI=1S/C13H14F4O7S/c14-12(15,13(16,17)25(20,21)22)1-2-23-10(18)8-5-3-6-7(4-5)24-11(19)9(6)8/h5-9H,1-4H2,(H,20,21,22). The first-order valence-corrected chi connectivity index (χ1v) is 8.90. The van der Waals surface area contributed by atoms with E-state index < -0.39 is 58.1 Å². The Bertz CT molecular complexity index is 705. The Balaban J connectivity index is 1.60. The molecule has 0 aromatic heterocycles. The fourth-order valence-electron chi connectivity index (χ4n) is 4.04. The summed E-state index contributed by atoms with van der Waals surface area (Å²) in [6.07, 6.45) is -1.02. The molecular weight excluding hydrogens is 376 g/mol. The van der Waals surface area contributed by atoms with Crippen LogP contribution in [-0.4, -0.2) is 48.8 Å². The number of hydrogen-bond donors (Lipinski definition) is 1. The number of ether oxygens (including phenoxy) is 2. The molecule has 1 heterocycles. The molecule has 1 aliphatic heterocycles. The third-order valence-corrected chi connectivity index (χ3v) is 6.11. The molecule has 142 valence electrons. The fraction of sp³-hybridized carbons (Fsp3) is 0.846. The average Bonchev–Trinajstić information content (AvgIpc) is 3.06. The van der Waals surface area contributed by atoms with Crippen molar-refractivity contribution in [3.8, 4) is 0 Å². The molecule has 3 fully saturated rings. The maximum absolute atomic E-state index is 13.3. The van der Waals surface area contributed by atoms with Crippen LogP contribution in [-0.2, 0) is 29.2 Å². The molecule has 0 spiro atoms. The van der Waals surface area contributed by atoms with Gasteiger partial charge >= 0.3 is 33.2 Å². The van der Waals surface area contributed by atoms with Gasteiger partial charge in [0.15, 0.2) is 0 Å². The van der Waals surface area contributed by atoms with Crippen molar-refractivity contribution >= 4 is 22.1 Å². The highest BCUT2D eigenvalue weighted by Crippen LogP contribution is 2.58. The van der Waals surface area contributed by atoms with Gasteiger partial charge in [-0.05, 0) is 18.8 Å². The van der Waals surface area contributed by atoms with Gasteiger partial charge in [0, 0.05) is 5.92 Å². The Morgan fingerprint density at radius 3 is 2.52 bits per heavy atom. The molecule has 0 amide bonds. The lowest BCUT2D eigenvalue weighted by atomic mass is 9.80. The largest absolute Gasteiger partial charge is 0.465 e. The van der Waals surface area contributed by atoms with Crippen molar-refractivity contribution in [2.75, 3.05) is 6.61 Å². The van der Waals surface area contributed by atoms with Crippen molar-refractivity contribution in [3.05, 3.63) is 0 Å². The summed E-state index contributed by atoms with van der Waals surface area (Å²) in [5.74, 6) is -8.56. The van der Waals surface area contributed by atoms with Crippen LogP contribution in [0.2, 0.25) is 0 Å². The van der Waals surface area contributed by atoms with Gasteiger partial charge in [0.2, 0.25) is 0 Å². The Labute approximate surface area is 139 Å². The van der Waals surface area contributed by atoms with Gasteiger partial charge in [-0.2, -0.15) is 26.0 Å². The highest BCUT2D eigenvalue weighted by atomic mass is 32.2. The quantitative estimate of drug-likeness (QED) is 0.413. The lowest BCUT2D eigenvalue weighted by molar-refractivity contribution is -0.177. The van der Waals surface area contributed by atoms with Crippen LogP contribution in [0, 0.1) is 23.7 Å². The predicted molar refractivity (Wildman–Crippen MR) is 70.1 cm³/mol. The molecular formula is C13H14F4O7S. The van der Waals surface area contributed by atoms with E-state index in [0.717, 1.165) is 0 Å². The number of rotatable bonds is 6. The summed E-state index contributed by atoms with van der Waals surface area (Å²) in [6.45, 7) is -1.18. The summed E-state index contributed by atoms with van der Waals surface area (Å²) in [5, 5.41) is -5.71. The third-order valence-electron chi connectivity index (χ3n) is 5.17. The average molecular weight is 390 g/mol. The second-order valence-electron chi connectivity index (χ2n) is 6.54. The molecule has 1 N–H and O–H groups in total. The zero-order valence-corrected chi connectivity index (χ0v) is 13.3. The molecule has 5 unspecified atom stereocenters. The minimum absolute atomic E-state index is 0.125. The summed E-state index contributed by atoms with van der Waals surface area (Å²) in [6, 6.07) is 0. The topological polar surface area (TPSA) is 107 Å². The van der Waals surface area contributed by atoms with Gasteiger partial charge < -0.3 is 9.47 Å². The van der Waals surface area contributed by atoms with Crippen molar-refractivity contribution in [1.29, 1.82) is 0 Å². The number of halogens is 4. The van der Waals surface area contributed by atoms with Gasteiger partial charge in [-0.15, -0.1) is 0 Å². The minimum Gasteiger partial charge on any atom is -0.465 e. The van der Waals surface area contributed by atoms with E-state index in [4.69, 9.17) is 9.29 Å². The van der Waals surface area contributed by atoms with E-state index in [1.807, 2.05) is 0 Å². The zero-order chi connectivity index (χ0) is 18.8. The molecule has 25 heavy (non-hydrogen) atoms. The summed E-state index contributed by atoms with van der Waals surface area (Å²) >= 11 is 0. The van der Waals surface area contributed by atoms with Gasteiger partial charge in [0.25, 0.3) is 0 Å². The third kappa shape index (κ3) is 2.69. The molecule has 0 radical (unpaired) electrons. The second kappa shape index (κ2) is 5.53. The lowest BCUT2D eigenvalue weighted by Gasteiger charge is -2.25. The van der Waals surface area contributed by atoms with Crippen molar-refractivity contribution in [1.82, 2.24) is 0 Å². The first-order chi connectivity index (χ1) is 11.4. The summed E-state index contributed by atoms with van der Waals surface area (Å²) in [7, 11) is -6.33. The van der Waals surface area contributed by atoms with Gasteiger partial charge in [-0.1, -0.05) is 0 Å². The van der Waals surface area contributed by atoms with Crippen molar-refractivity contribution in [2.24, 2.45) is 23.7 Å². The molecule has 3 rings (SSSR count). The van der Waals surface area contributed by atoms with Crippen molar-refractivity contribution in [3.63, 3.8) is 0 Å². The minimum atomic E-state index is -6.33. The SMILES string of the molecule is O=C(OCCC(F)(F)C(F)(F)S(=O)(=O)O)C1C2CC3OC(=O)C1C3C2. The van der Waals surface area contributed by atoms with E-state index >= 15 is 0 Å². The Morgan fingerprint density at radius 2 is 1.92 bits per heavy atom. The van der Waals surface area contributed by atoms with Crippen LogP contribution >= 0.6 is 0 Å². The van der Waals surface area contributed by atoms with Crippen molar-refractivity contribution in [2.45, 2.75) is 36.5 Å². The van der Waals surface area contributed by atoms with E-state index in [9.17, 15) is 35.6 Å². The van der Waals surface area contributed by atoms with Gasteiger partial charge in [0.05, 0.1) is 24.9 Å². The molecule has 2 aliphatic carbocycles. The molecule has 2 saturated carbocycles. The van der Waals surface area contributed by atoms with Crippen LogP contribution < -0.4 is 0 Å². The lowest BCUT2D eigenvalue weighted by Crippen LogP contribution is -2.47. The Morgan fingerprint density at radius 1 is 1.28 bits per heavy atom. The number of hydrogen-bond acceptors (Lipinski definition) is 6. The Hall–Kier alpha value is -1.43. The summed E-state index contributed by atoms with van der Waals surface area (Å²) in [5.41, 5.74) is 0. The van der Waals surface area contributed by atoms with Crippen LogP contribution in [0.4, 0.5) is 17.6 Å². The second-order valence-corrected chi connectivity index (χ2v) is 8.00. The highest BCUT2D eigenvalue weighted by molar-refractivity contribution is 7.87. The normalized spacial score (nSPS) is 34.3. The van der Waals surface area contributed by atoms with E-state index in [1.54, 1.807) is 0 Å². The van der Waals surface area contributed by atoms with Gasteiger partial charge in [-0.25, -0.2) is 0 Å². The van der Waals surface area contributed by atoms with Crippen LogP contribution in [0.15, 0.2) is 0 Å². The molecule has 3 aliphatic rings. The van der Waals surface area contributed by atoms with E-state index in [0.29, 0.717) is 12.8 Å². The molecule has 5 atom stereocenters. The van der Waals surface area contributed by atoms with Crippen molar-refractivity contribution < 1.29 is 49.6 Å². The molecule has 12 heteroatoms. The number of fused-ring (bicyclic) bond motifs is 1. The number of esters is 2. The first kappa shape index (κ1) is 18.4. The molecule has 7 nitrogen and oxygen atoms in total. The van der Waals surface area contributed by atoms with Gasteiger partial charge in [-0.3, -0.25) is 14.1 Å². The predicted octanol–water partition coefficient (Wildman–Crippen LogP) is 1.23. The fourth-order valence-corrected chi connectivity index (χ4v) is 4.51. The van der Waals surface area contributed by atoms with E-state index in [1.165, 1.54) is 0 Å². The summed E-state index contributed by atoms with van der Waals surface area (Å²) in [4.78, 5) is 23.8. The monoisotopic (exact) mass is 390 g/mol. The van der Waals surface area contributed by atoms with Crippen LogP contribution in [0.1, 0.15) is 19.3 Å². The number of carbonyl (C=O) groups excluding carboxylic acids is 2. The molecule has 0 aromatic rings. The van der Waals surface area contributed by atoms with Gasteiger partial charge in [0.1, 0.15) is 6.10 Å². The van der Waals surface area contributed by atoms with Crippen LogP contribution in [0.5, 0.6) is 0 Å². The molecule has 2 bridgehead atoms. The van der Waals surface area contributed by atoms with Crippen LogP contribution in [0.25, 0.3) is 0 Å². The summed E-state index contributed by atoms with van der Waals surface area (Å²) < 4.78 is 91.4. The zero-order valence-electron chi connectivity index (χ0n) is 12.5. The number of alkyl halides is 4. The molecule has 0 aromatic carbocycles. The van der Waals surface area contributed by atoms with E-state index in [2.05, 4.69) is 4.74 Å².